The molecular formula is C13H23NS. The van der Waals surface area contributed by atoms with E-state index in [1.54, 1.807) is 0 Å². The largest absolute Gasteiger partial charge is 0.306 e. The lowest BCUT2D eigenvalue weighted by Gasteiger charge is -2.26. The predicted octanol–water partition coefficient (Wildman–Crippen LogP) is 4.22. The normalized spacial score (nSPS) is 13.7. The molecule has 0 aliphatic heterocycles. The fraction of sp³-hybridized carbons (Fsp3) is 0.692. The molecule has 1 N–H and O–H groups in total. The van der Waals surface area contributed by atoms with E-state index in [2.05, 4.69) is 50.5 Å². The summed E-state index contributed by atoms with van der Waals surface area (Å²) in [5, 5.41) is 5.93. The van der Waals surface area contributed by atoms with E-state index >= 15 is 0 Å². The molecule has 1 nitrogen and oxygen atoms in total. The Hall–Kier alpha value is -0.340. The van der Waals surface area contributed by atoms with Crippen LogP contribution in [0.3, 0.4) is 0 Å². The maximum Gasteiger partial charge on any atom is 0.0440 e. The van der Waals surface area contributed by atoms with E-state index in [1.165, 1.54) is 17.7 Å². The van der Waals surface area contributed by atoms with Crippen LogP contribution >= 0.6 is 11.3 Å². The molecule has 1 aromatic rings. The first-order valence-corrected chi connectivity index (χ1v) is 6.86. The van der Waals surface area contributed by atoms with Crippen molar-refractivity contribution in [3.63, 3.8) is 0 Å². The Morgan fingerprint density at radius 1 is 1.27 bits per heavy atom. The Labute approximate surface area is 97.9 Å². The van der Waals surface area contributed by atoms with Gasteiger partial charge >= 0.3 is 0 Å². The van der Waals surface area contributed by atoms with Crippen LogP contribution in [0.4, 0.5) is 0 Å². The Kier molecular flexibility index (Phi) is 5.34. The van der Waals surface area contributed by atoms with Crippen molar-refractivity contribution in [1.29, 1.82) is 0 Å². The van der Waals surface area contributed by atoms with Gasteiger partial charge in [0.25, 0.3) is 0 Å². The van der Waals surface area contributed by atoms with E-state index in [1.807, 2.05) is 11.3 Å². The minimum absolute atomic E-state index is 0.523. The summed E-state index contributed by atoms with van der Waals surface area (Å²) in [6, 6.07) is 5.56. The standard InChI is InChI=1S/C13H23NS/c1-5-11(6-2)14-13(10(3)4)12-8-7-9-15-12/h7-11,13-14H,5-6H2,1-4H3. The lowest BCUT2D eigenvalue weighted by molar-refractivity contribution is 0.351. The van der Waals surface area contributed by atoms with E-state index < -0.39 is 0 Å². The van der Waals surface area contributed by atoms with Gasteiger partial charge in [0.2, 0.25) is 0 Å². The van der Waals surface area contributed by atoms with Gasteiger partial charge in [-0.05, 0) is 30.2 Å². The molecule has 1 atom stereocenters. The molecule has 0 amide bonds. The quantitative estimate of drug-likeness (QED) is 0.764. The molecule has 1 aromatic heterocycles. The van der Waals surface area contributed by atoms with Gasteiger partial charge in [0.15, 0.2) is 0 Å². The van der Waals surface area contributed by atoms with Gasteiger partial charge in [0, 0.05) is 17.0 Å². The highest BCUT2D eigenvalue weighted by Crippen LogP contribution is 2.26. The minimum atomic E-state index is 0.523. The van der Waals surface area contributed by atoms with E-state index in [0.717, 1.165) is 0 Å². The second kappa shape index (κ2) is 6.29. The van der Waals surface area contributed by atoms with Crippen LogP contribution in [0.5, 0.6) is 0 Å². The summed E-state index contributed by atoms with van der Waals surface area (Å²) in [7, 11) is 0. The van der Waals surface area contributed by atoms with Crippen LogP contribution in [0.15, 0.2) is 17.5 Å². The maximum absolute atomic E-state index is 3.77. The van der Waals surface area contributed by atoms with Crippen LogP contribution in [0.1, 0.15) is 51.5 Å². The molecule has 86 valence electrons. The van der Waals surface area contributed by atoms with Crippen molar-refractivity contribution in [3.8, 4) is 0 Å². The summed E-state index contributed by atoms with van der Waals surface area (Å²) in [5.74, 6) is 0.657. The third kappa shape index (κ3) is 3.62. The topological polar surface area (TPSA) is 12.0 Å². The zero-order valence-corrected chi connectivity index (χ0v) is 11.1. The van der Waals surface area contributed by atoms with Crippen LogP contribution in [0, 0.1) is 5.92 Å². The first-order valence-electron chi connectivity index (χ1n) is 5.98. The molecule has 0 fully saturated rings. The summed E-state index contributed by atoms with van der Waals surface area (Å²) < 4.78 is 0. The molecule has 1 unspecified atom stereocenters. The average molecular weight is 225 g/mol. The fourth-order valence-electron chi connectivity index (χ4n) is 1.85. The second-order valence-corrected chi connectivity index (χ2v) is 5.40. The summed E-state index contributed by atoms with van der Waals surface area (Å²) in [6.07, 6.45) is 2.43. The van der Waals surface area contributed by atoms with Gasteiger partial charge in [-0.25, -0.2) is 0 Å². The monoisotopic (exact) mass is 225 g/mol. The summed E-state index contributed by atoms with van der Waals surface area (Å²) >= 11 is 1.86. The van der Waals surface area contributed by atoms with Crippen LogP contribution < -0.4 is 5.32 Å². The van der Waals surface area contributed by atoms with E-state index in [-0.39, 0.29) is 0 Å². The predicted molar refractivity (Wildman–Crippen MR) is 69.4 cm³/mol. The molecule has 1 rings (SSSR count). The number of hydrogen-bond donors (Lipinski definition) is 1. The fourth-order valence-corrected chi connectivity index (χ4v) is 2.81. The molecule has 0 saturated heterocycles. The van der Waals surface area contributed by atoms with Gasteiger partial charge in [0.1, 0.15) is 0 Å². The van der Waals surface area contributed by atoms with Gasteiger partial charge < -0.3 is 5.32 Å². The van der Waals surface area contributed by atoms with E-state index in [9.17, 15) is 0 Å². The molecule has 0 radical (unpaired) electrons. The van der Waals surface area contributed by atoms with Crippen molar-refractivity contribution in [3.05, 3.63) is 22.4 Å². The minimum Gasteiger partial charge on any atom is -0.306 e. The SMILES string of the molecule is CCC(CC)NC(c1cccs1)C(C)C. The third-order valence-electron chi connectivity index (χ3n) is 2.92. The molecule has 0 saturated carbocycles. The Morgan fingerprint density at radius 2 is 1.93 bits per heavy atom. The van der Waals surface area contributed by atoms with Gasteiger partial charge in [-0.1, -0.05) is 33.8 Å². The first-order chi connectivity index (χ1) is 7.19. The van der Waals surface area contributed by atoms with Crippen LogP contribution in [0.25, 0.3) is 0 Å². The van der Waals surface area contributed by atoms with Crippen molar-refractivity contribution < 1.29 is 0 Å². The zero-order chi connectivity index (χ0) is 11.3. The third-order valence-corrected chi connectivity index (χ3v) is 3.87. The van der Waals surface area contributed by atoms with Crippen molar-refractivity contribution >= 4 is 11.3 Å². The van der Waals surface area contributed by atoms with Gasteiger partial charge in [-0.15, -0.1) is 11.3 Å². The number of nitrogens with one attached hydrogen (secondary N) is 1. The van der Waals surface area contributed by atoms with E-state index in [0.29, 0.717) is 18.0 Å². The zero-order valence-electron chi connectivity index (χ0n) is 10.3. The van der Waals surface area contributed by atoms with Crippen LogP contribution in [-0.2, 0) is 0 Å². The summed E-state index contributed by atoms with van der Waals surface area (Å²) in [5.41, 5.74) is 0. The molecule has 15 heavy (non-hydrogen) atoms. The van der Waals surface area contributed by atoms with Gasteiger partial charge in [0.05, 0.1) is 0 Å². The summed E-state index contributed by atoms with van der Waals surface area (Å²) in [4.78, 5) is 1.47. The summed E-state index contributed by atoms with van der Waals surface area (Å²) in [6.45, 7) is 9.10. The Morgan fingerprint density at radius 3 is 2.33 bits per heavy atom. The smallest absolute Gasteiger partial charge is 0.0440 e. The average Bonchev–Trinajstić information content (AvgIpc) is 2.72. The molecular weight excluding hydrogens is 202 g/mol. The van der Waals surface area contributed by atoms with Gasteiger partial charge in [-0.3, -0.25) is 0 Å². The van der Waals surface area contributed by atoms with Crippen molar-refractivity contribution in [2.24, 2.45) is 5.92 Å². The molecule has 0 bridgehead atoms. The number of thiophene rings is 1. The van der Waals surface area contributed by atoms with E-state index in [4.69, 9.17) is 0 Å². The second-order valence-electron chi connectivity index (χ2n) is 4.42. The van der Waals surface area contributed by atoms with Gasteiger partial charge in [-0.2, -0.15) is 0 Å². The van der Waals surface area contributed by atoms with Crippen LogP contribution in [0.2, 0.25) is 0 Å². The highest BCUT2D eigenvalue weighted by Gasteiger charge is 2.18. The lowest BCUT2D eigenvalue weighted by atomic mass is 10.0. The Bertz CT molecular complexity index is 250. The molecule has 0 aliphatic rings. The molecule has 2 heteroatoms. The van der Waals surface area contributed by atoms with Crippen LogP contribution in [-0.4, -0.2) is 6.04 Å². The molecule has 0 aromatic carbocycles. The first kappa shape index (κ1) is 12.7. The maximum atomic E-state index is 3.77. The Balaban J connectivity index is 2.67. The molecule has 1 heterocycles. The number of rotatable bonds is 6. The lowest BCUT2D eigenvalue weighted by Crippen LogP contribution is -2.34. The van der Waals surface area contributed by atoms with Crippen molar-refractivity contribution in [2.75, 3.05) is 0 Å². The number of hydrogen-bond acceptors (Lipinski definition) is 2. The van der Waals surface area contributed by atoms with Crippen molar-refractivity contribution in [2.45, 2.75) is 52.6 Å². The molecule has 0 aliphatic carbocycles. The highest BCUT2D eigenvalue weighted by molar-refractivity contribution is 7.10. The highest BCUT2D eigenvalue weighted by atomic mass is 32.1. The van der Waals surface area contributed by atoms with Crippen molar-refractivity contribution in [1.82, 2.24) is 5.32 Å². The molecule has 0 spiro atoms.